The lowest BCUT2D eigenvalue weighted by Gasteiger charge is -2.34. The van der Waals surface area contributed by atoms with Gasteiger partial charge in [-0.15, -0.1) is 0 Å². The summed E-state index contributed by atoms with van der Waals surface area (Å²) in [5, 5.41) is 0.936. The third kappa shape index (κ3) is 4.89. The number of aryl methyl sites for hydroxylation is 1. The summed E-state index contributed by atoms with van der Waals surface area (Å²) in [6.45, 7) is 5.63. The van der Waals surface area contributed by atoms with E-state index in [1.165, 1.54) is 53.9 Å². The summed E-state index contributed by atoms with van der Waals surface area (Å²) in [5.41, 5.74) is 2.23. The first-order valence-corrected chi connectivity index (χ1v) is 13.8. The number of benzene rings is 1. The van der Waals surface area contributed by atoms with Crippen LogP contribution in [0, 0.1) is 13.8 Å². The van der Waals surface area contributed by atoms with Gasteiger partial charge in [0.2, 0.25) is 15.9 Å². The van der Waals surface area contributed by atoms with Crippen molar-refractivity contribution >= 4 is 27.7 Å². The average molecular weight is 477 g/mol. The molecule has 2 aromatic rings. The lowest BCUT2D eigenvalue weighted by atomic mass is 9.95. The van der Waals surface area contributed by atoms with Gasteiger partial charge < -0.3 is 9.47 Å². The van der Waals surface area contributed by atoms with Gasteiger partial charge in [0.1, 0.15) is 0 Å². The van der Waals surface area contributed by atoms with Gasteiger partial charge in [-0.05, 0) is 38.8 Å². The summed E-state index contributed by atoms with van der Waals surface area (Å²) < 4.78 is 29.4. The maximum Gasteiger partial charge on any atom is 0.243 e. The lowest BCUT2D eigenvalue weighted by Crippen LogP contribution is -2.50. The van der Waals surface area contributed by atoms with E-state index in [0.717, 1.165) is 10.9 Å². The number of carbonyl (C=O) groups excluding carboxylic acids is 1. The van der Waals surface area contributed by atoms with Crippen molar-refractivity contribution < 1.29 is 13.2 Å². The number of piperazine rings is 1. The average Bonchev–Trinajstić information content (AvgIpc) is 3.12. The predicted molar refractivity (Wildman–Crippen MR) is 126 cm³/mol. The van der Waals surface area contributed by atoms with Crippen molar-refractivity contribution in [1.29, 1.82) is 0 Å². The third-order valence-corrected chi connectivity index (χ3v) is 9.44. The molecule has 0 bridgehead atoms. The van der Waals surface area contributed by atoms with E-state index >= 15 is 0 Å². The zero-order chi connectivity index (χ0) is 22.7. The Balaban J connectivity index is 1.35. The number of thioether (sulfide) groups is 1. The fourth-order valence-corrected chi connectivity index (χ4v) is 7.11. The Bertz CT molecular complexity index is 1040. The van der Waals surface area contributed by atoms with Crippen LogP contribution in [0.15, 0.2) is 40.4 Å². The highest BCUT2D eigenvalue weighted by Gasteiger charge is 2.30. The molecule has 1 aromatic heterocycles. The summed E-state index contributed by atoms with van der Waals surface area (Å²) >= 11 is 1.51. The minimum absolute atomic E-state index is 0.0419. The zero-order valence-electron chi connectivity index (χ0n) is 18.9. The van der Waals surface area contributed by atoms with Crippen molar-refractivity contribution in [3.8, 4) is 0 Å². The largest absolute Gasteiger partial charge is 0.339 e. The number of rotatable bonds is 6. The highest BCUT2D eigenvalue weighted by molar-refractivity contribution is 7.99. The summed E-state index contributed by atoms with van der Waals surface area (Å²) in [4.78, 5) is 19.7. The van der Waals surface area contributed by atoms with Gasteiger partial charge in [-0.3, -0.25) is 4.79 Å². The van der Waals surface area contributed by atoms with Crippen molar-refractivity contribution in [3.63, 3.8) is 0 Å². The van der Waals surface area contributed by atoms with E-state index in [-0.39, 0.29) is 5.91 Å². The van der Waals surface area contributed by atoms with Gasteiger partial charge in [-0.25, -0.2) is 13.4 Å². The van der Waals surface area contributed by atoms with E-state index in [9.17, 15) is 13.2 Å². The smallest absolute Gasteiger partial charge is 0.243 e. The van der Waals surface area contributed by atoms with Crippen LogP contribution in [-0.2, 0) is 14.8 Å². The van der Waals surface area contributed by atoms with Crippen LogP contribution in [-0.4, -0.2) is 65.0 Å². The third-order valence-electron chi connectivity index (χ3n) is 6.59. The maximum atomic E-state index is 12.9. The van der Waals surface area contributed by atoms with Crippen molar-refractivity contribution in [2.24, 2.45) is 0 Å². The Morgan fingerprint density at radius 3 is 2.34 bits per heavy atom. The van der Waals surface area contributed by atoms with Crippen LogP contribution in [0.1, 0.15) is 49.5 Å². The number of sulfonamides is 1. The molecule has 1 saturated carbocycles. The Kier molecular flexibility index (Phi) is 7.27. The van der Waals surface area contributed by atoms with Crippen LogP contribution in [0.4, 0.5) is 0 Å². The second-order valence-corrected chi connectivity index (χ2v) is 11.5. The van der Waals surface area contributed by atoms with Gasteiger partial charge in [0, 0.05) is 37.9 Å². The first-order chi connectivity index (χ1) is 15.4. The number of hydrogen-bond acceptors (Lipinski definition) is 5. The highest BCUT2D eigenvalue weighted by atomic mass is 32.2. The second-order valence-electron chi connectivity index (χ2n) is 8.61. The SMILES string of the molecule is Cc1nc(SCC(=O)N2CCN(S(=O)(=O)c3ccccc3)CC2)n(C2CCCCC2)c1C. The molecule has 174 valence electrons. The minimum Gasteiger partial charge on any atom is -0.339 e. The molecule has 0 radical (unpaired) electrons. The van der Waals surface area contributed by atoms with E-state index in [1.54, 1.807) is 35.2 Å². The number of aromatic nitrogens is 2. The molecular weight excluding hydrogens is 444 g/mol. The molecule has 2 fully saturated rings. The molecule has 2 aliphatic rings. The predicted octanol–water partition coefficient (Wildman–Crippen LogP) is 3.63. The Hall–Kier alpha value is -1.84. The van der Waals surface area contributed by atoms with Crippen LogP contribution in [0.5, 0.6) is 0 Å². The monoisotopic (exact) mass is 476 g/mol. The van der Waals surface area contributed by atoms with Gasteiger partial charge in [-0.2, -0.15) is 4.31 Å². The summed E-state index contributed by atoms with van der Waals surface area (Å²) in [6.07, 6.45) is 6.16. The number of hydrogen-bond donors (Lipinski definition) is 0. The highest BCUT2D eigenvalue weighted by Crippen LogP contribution is 2.34. The number of carbonyl (C=O) groups is 1. The molecule has 1 aromatic carbocycles. The van der Waals surface area contributed by atoms with Crippen LogP contribution in [0.3, 0.4) is 0 Å². The molecule has 0 atom stereocenters. The molecule has 9 heteroatoms. The Labute approximate surface area is 195 Å². The molecular formula is C23H32N4O3S2. The molecule has 32 heavy (non-hydrogen) atoms. The summed E-state index contributed by atoms with van der Waals surface area (Å²) in [6, 6.07) is 8.96. The summed E-state index contributed by atoms with van der Waals surface area (Å²) in [7, 11) is -3.51. The molecule has 4 rings (SSSR count). The van der Waals surface area contributed by atoms with Gasteiger partial charge >= 0.3 is 0 Å². The van der Waals surface area contributed by atoms with Crippen LogP contribution < -0.4 is 0 Å². The molecule has 0 spiro atoms. The standard InChI is InChI=1S/C23H32N4O3S2/c1-18-19(2)27(20-9-5-3-6-10-20)23(24-18)31-17-22(28)25-13-15-26(16-14-25)32(29,30)21-11-7-4-8-12-21/h4,7-8,11-12,20H,3,5-6,9-10,13-17H2,1-2H3. The van der Waals surface area contributed by atoms with E-state index < -0.39 is 10.0 Å². The molecule has 1 amide bonds. The second kappa shape index (κ2) is 9.97. The van der Waals surface area contributed by atoms with E-state index in [4.69, 9.17) is 4.98 Å². The van der Waals surface area contributed by atoms with E-state index in [1.807, 2.05) is 6.92 Å². The van der Waals surface area contributed by atoms with Crippen molar-refractivity contribution in [2.45, 2.75) is 62.0 Å². The van der Waals surface area contributed by atoms with Crippen LogP contribution >= 0.6 is 11.8 Å². The number of amides is 1. The molecule has 0 unspecified atom stereocenters. The molecule has 0 N–H and O–H groups in total. The lowest BCUT2D eigenvalue weighted by molar-refractivity contribution is -0.129. The zero-order valence-corrected chi connectivity index (χ0v) is 20.5. The molecule has 1 aliphatic heterocycles. The van der Waals surface area contributed by atoms with Gasteiger partial charge in [0.05, 0.1) is 16.3 Å². The van der Waals surface area contributed by atoms with Crippen molar-refractivity contribution in [2.75, 3.05) is 31.9 Å². The van der Waals surface area contributed by atoms with Crippen molar-refractivity contribution in [3.05, 3.63) is 41.7 Å². The fraction of sp³-hybridized carbons (Fsp3) is 0.565. The quantitative estimate of drug-likeness (QED) is 0.595. The van der Waals surface area contributed by atoms with Gasteiger partial charge in [0.15, 0.2) is 5.16 Å². The normalized spacial score (nSPS) is 18.8. The topological polar surface area (TPSA) is 75.5 Å². The van der Waals surface area contributed by atoms with Crippen LogP contribution in [0.2, 0.25) is 0 Å². The van der Waals surface area contributed by atoms with Crippen molar-refractivity contribution in [1.82, 2.24) is 18.8 Å². The molecule has 1 aliphatic carbocycles. The first-order valence-electron chi connectivity index (χ1n) is 11.4. The minimum atomic E-state index is -3.51. The number of imidazole rings is 1. The Morgan fingerprint density at radius 2 is 1.69 bits per heavy atom. The molecule has 7 nitrogen and oxygen atoms in total. The Morgan fingerprint density at radius 1 is 1.03 bits per heavy atom. The fourth-order valence-electron chi connectivity index (χ4n) is 4.60. The van der Waals surface area contributed by atoms with E-state index in [0.29, 0.717) is 42.9 Å². The first kappa shape index (κ1) is 23.3. The number of nitrogens with zero attached hydrogens (tertiary/aromatic N) is 4. The molecule has 1 saturated heterocycles. The maximum absolute atomic E-state index is 12.9. The van der Waals surface area contributed by atoms with Gasteiger partial charge in [-0.1, -0.05) is 49.2 Å². The molecule has 2 heterocycles. The summed E-state index contributed by atoms with van der Waals surface area (Å²) in [5.74, 6) is 0.369. The van der Waals surface area contributed by atoms with Crippen LogP contribution in [0.25, 0.3) is 0 Å². The van der Waals surface area contributed by atoms with E-state index in [2.05, 4.69) is 11.5 Å². The van der Waals surface area contributed by atoms with Gasteiger partial charge in [0.25, 0.3) is 0 Å².